The van der Waals surface area contributed by atoms with Crippen LogP contribution >= 0.6 is 0 Å². The molecule has 0 aromatic heterocycles. The zero-order chi connectivity index (χ0) is 18.0. The maximum absolute atomic E-state index is 13.7. The monoisotopic (exact) mass is 343 g/mol. The number of nitrogens with zero attached hydrogens (tertiary/aromatic N) is 1. The molecule has 1 aliphatic rings. The van der Waals surface area contributed by atoms with Gasteiger partial charge in [-0.1, -0.05) is 12.1 Å². The van der Waals surface area contributed by atoms with E-state index in [1.54, 1.807) is 36.1 Å². The molecule has 2 aromatic rings. The minimum absolute atomic E-state index is 0.0424. The Morgan fingerprint density at radius 1 is 1.32 bits per heavy atom. The molecule has 132 valence electrons. The first-order valence-corrected chi connectivity index (χ1v) is 8.39. The molecule has 1 amide bonds. The van der Waals surface area contributed by atoms with Crippen LogP contribution in [0.3, 0.4) is 0 Å². The zero-order valence-electron chi connectivity index (χ0n) is 14.5. The number of hydrogen-bond donors (Lipinski definition) is 1. The van der Waals surface area contributed by atoms with Crippen LogP contribution in [-0.2, 0) is 6.42 Å². The number of carbonyl (C=O) groups excluding carboxylic acids is 1. The predicted octanol–water partition coefficient (Wildman–Crippen LogP) is 3.55. The molecule has 0 saturated carbocycles. The van der Waals surface area contributed by atoms with Crippen LogP contribution in [0.4, 0.5) is 4.39 Å². The van der Waals surface area contributed by atoms with E-state index in [1.165, 1.54) is 13.2 Å². The molecule has 1 unspecified atom stereocenters. The van der Waals surface area contributed by atoms with E-state index in [2.05, 4.69) is 0 Å². The van der Waals surface area contributed by atoms with Crippen LogP contribution in [0.2, 0.25) is 0 Å². The fourth-order valence-corrected chi connectivity index (χ4v) is 3.29. The van der Waals surface area contributed by atoms with Crippen molar-refractivity contribution in [2.75, 3.05) is 20.2 Å². The van der Waals surface area contributed by atoms with Crippen LogP contribution < -0.4 is 4.74 Å². The number of rotatable bonds is 4. The molecule has 1 heterocycles. The van der Waals surface area contributed by atoms with Gasteiger partial charge in [0, 0.05) is 18.7 Å². The Morgan fingerprint density at radius 2 is 2.12 bits per heavy atom. The number of methoxy groups -OCH3 is 1. The molecule has 0 spiro atoms. The molecule has 1 atom stereocenters. The van der Waals surface area contributed by atoms with Crippen LogP contribution in [-0.4, -0.2) is 36.1 Å². The third-order valence-corrected chi connectivity index (χ3v) is 4.76. The Bertz CT molecular complexity index is 791. The average molecular weight is 343 g/mol. The van der Waals surface area contributed by atoms with E-state index in [1.807, 2.05) is 6.07 Å². The van der Waals surface area contributed by atoms with Crippen molar-refractivity contribution in [1.29, 1.82) is 0 Å². The highest BCUT2D eigenvalue weighted by atomic mass is 19.1. The summed E-state index contributed by atoms with van der Waals surface area (Å²) in [5.74, 6) is 0.335. The highest BCUT2D eigenvalue weighted by molar-refractivity contribution is 5.95. The van der Waals surface area contributed by atoms with Crippen molar-refractivity contribution in [3.63, 3.8) is 0 Å². The van der Waals surface area contributed by atoms with E-state index in [-0.39, 0.29) is 17.5 Å². The van der Waals surface area contributed by atoms with Gasteiger partial charge in [-0.15, -0.1) is 0 Å². The summed E-state index contributed by atoms with van der Waals surface area (Å²) < 4.78 is 18.7. The number of hydrogen-bond acceptors (Lipinski definition) is 3. The molecule has 1 saturated heterocycles. The molecule has 5 heteroatoms. The Morgan fingerprint density at radius 3 is 2.80 bits per heavy atom. The summed E-state index contributed by atoms with van der Waals surface area (Å²) in [5, 5.41) is 9.85. The number of benzene rings is 2. The molecular formula is C20H22FNO3. The number of likely N-dealkylation sites (tertiary alicyclic amines) is 1. The molecule has 3 rings (SSSR count). The lowest BCUT2D eigenvalue weighted by atomic mass is 9.98. The average Bonchev–Trinajstić information content (AvgIpc) is 3.06. The third-order valence-electron chi connectivity index (χ3n) is 4.76. The molecule has 1 aliphatic heterocycles. The van der Waals surface area contributed by atoms with Gasteiger partial charge in [0.25, 0.3) is 5.91 Å². The Hall–Kier alpha value is -2.56. The molecule has 0 aliphatic carbocycles. The summed E-state index contributed by atoms with van der Waals surface area (Å²) >= 11 is 0. The molecular weight excluding hydrogens is 321 g/mol. The van der Waals surface area contributed by atoms with E-state index in [9.17, 15) is 14.3 Å². The minimum Gasteiger partial charge on any atom is -0.504 e. The lowest BCUT2D eigenvalue weighted by Crippen LogP contribution is -2.28. The summed E-state index contributed by atoms with van der Waals surface area (Å²) in [6.07, 6.45) is 1.65. The highest BCUT2D eigenvalue weighted by Crippen LogP contribution is 2.28. The van der Waals surface area contributed by atoms with E-state index in [0.717, 1.165) is 18.4 Å². The van der Waals surface area contributed by atoms with Crippen molar-refractivity contribution in [2.45, 2.75) is 19.8 Å². The molecule has 25 heavy (non-hydrogen) atoms. The number of ether oxygens (including phenoxy) is 1. The lowest BCUT2D eigenvalue weighted by Gasteiger charge is -2.17. The van der Waals surface area contributed by atoms with Crippen molar-refractivity contribution in [3.05, 3.63) is 58.9 Å². The van der Waals surface area contributed by atoms with E-state index in [0.29, 0.717) is 35.9 Å². The number of carbonyl (C=O) groups is 1. The summed E-state index contributed by atoms with van der Waals surface area (Å²) in [6, 6.07) is 10.0. The minimum atomic E-state index is -0.183. The lowest BCUT2D eigenvalue weighted by molar-refractivity contribution is 0.0786. The normalized spacial score (nSPS) is 16.9. The van der Waals surface area contributed by atoms with Crippen LogP contribution in [0.5, 0.6) is 11.5 Å². The zero-order valence-corrected chi connectivity index (χ0v) is 14.5. The summed E-state index contributed by atoms with van der Waals surface area (Å²) in [4.78, 5) is 14.4. The van der Waals surface area contributed by atoms with Crippen LogP contribution in [0.15, 0.2) is 36.4 Å². The van der Waals surface area contributed by atoms with E-state index in [4.69, 9.17) is 4.74 Å². The van der Waals surface area contributed by atoms with Crippen LogP contribution in [0, 0.1) is 18.7 Å². The number of aryl methyl sites for hydroxylation is 1. The van der Waals surface area contributed by atoms with Crippen molar-refractivity contribution in [2.24, 2.45) is 5.92 Å². The fourth-order valence-electron chi connectivity index (χ4n) is 3.29. The number of phenols is 1. The van der Waals surface area contributed by atoms with Gasteiger partial charge in [0.15, 0.2) is 11.5 Å². The largest absolute Gasteiger partial charge is 0.504 e. The molecule has 1 N–H and O–H groups in total. The number of amides is 1. The smallest absolute Gasteiger partial charge is 0.254 e. The third kappa shape index (κ3) is 3.76. The summed E-state index contributed by atoms with van der Waals surface area (Å²) in [7, 11) is 1.47. The van der Waals surface area contributed by atoms with Crippen LogP contribution in [0.1, 0.15) is 27.9 Å². The SMILES string of the molecule is COc1ccc(C(=O)N2CCC(Cc3ccc(C)c(F)c3)C2)cc1O. The number of phenolic OH excluding ortho intramolecular Hbond substituents is 1. The van der Waals surface area contributed by atoms with Gasteiger partial charge in [-0.3, -0.25) is 4.79 Å². The molecule has 2 aromatic carbocycles. The topological polar surface area (TPSA) is 49.8 Å². The maximum atomic E-state index is 13.7. The van der Waals surface area contributed by atoms with Gasteiger partial charge >= 0.3 is 0 Å². The highest BCUT2D eigenvalue weighted by Gasteiger charge is 2.27. The molecule has 4 nitrogen and oxygen atoms in total. The van der Waals surface area contributed by atoms with Crippen LogP contribution in [0.25, 0.3) is 0 Å². The molecule has 0 radical (unpaired) electrons. The Labute approximate surface area is 146 Å². The van der Waals surface area contributed by atoms with Gasteiger partial charge in [0.1, 0.15) is 5.82 Å². The maximum Gasteiger partial charge on any atom is 0.254 e. The summed E-state index contributed by atoms with van der Waals surface area (Å²) in [6.45, 7) is 3.06. The molecule has 1 fully saturated rings. The van der Waals surface area contributed by atoms with E-state index < -0.39 is 0 Å². The second kappa shape index (κ2) is 7.13. The number of aromatic hydroxyl groups is 1. The Kier molecular flexibility index (Phi) is 4.93. The van der Waals surface area contributed by atoms with Crippen molar-refractivity contribution < 1.29 is 19.0 Å². The standard InChI is InChI=1S/C20H22FNO3/c1-13-3-4-14(10-17(13)21)9-15-7-8-22(12-15)20(24)16-5-6-19(25-2)18(23)11-16/h3-6,10-11,15,23H,7-9,12H2,1-2H3. The number of halogens is 1. The van der Waals surface area contributed by atoms with Crippen molar-refractivity contribution in [3.8, 4) is 11.5 Å². The van der Waals surface area contributed by atoms with Gasteiger partial charge in [-0.2, -0.15) is 0 Å². The first-order valence-electron chi connectivity index (χ1n) is 8.39. The predicted molar refractivity (Wildman–Crippen MR) is 93.5 cm³/mol. The van der Waals surface area contributed by atoms with Gasteiger partial charge in [0.2, 0.25) is 0 Å². The van der Waals surface area contributed by atoms with Crippen molar-refractivity contribution in [1.82, 2.24) is 4.90 Å². The van der Waals surface area contributed by atoms with Gasteiger partial charge in [-0.05, 0) is 61.1 Å². The van der Waals surface area contributed by atoms with Gasteiger partial charge < -0.3 is 14.7 Å². The summed E-state index contributed by atoms with van der Waals surface area (Å²) in [5.41, 5.74) is 2.05. The van der Waals surface area contributed by atoms with E-state index >= 15 is 0 Å². The first-order chi connectivity index (χ1) is 12.0. The second-order valence-corrected chi connectivity index (χ2v) is 6.58. The fraction of sp³-hybridized carbons (Fsp3) is 0.350. The van der Waals surface area contributed by atoms with Crippen molar-refractivity contribution >= 4 is 5.91 Å². The molecule has 0 bridgehead atoms. The van der Waals surface area contributed by atoms with Gasteiger partial charge in [0.05, 0.1) is 7.11 Å². The first kappa shape index (κ1) is 17.3. The second-order valence-electron chi connectivity index (χ2n) is 6.58. The van der Waals surface area contributed by atoms with Gasteiger partial charge in [-0.25, -0.2) is 4.39 Å². The Balaban J connectivity index is 1.64. The quantitative estimate of drug-likeness (QED) is 0.923.